The monoisotopic (exact) mass is 362 g/mol. The van der Waals surface area contributed by atoms with Gasteiger partial charge >= 0.3 is 17.6 Å². The van der Waals surface area contributed by atoms with E-state index in [1.807, 2.05) is 0 Å². The van der Waals surface area contributed by atoms with Crippen molar-refractivity contribution in [2.24, 2.45) is 0 Å². The maximum atomic E-state index is 11.7. The average molecular weight is 362 g/mol. The molecular formula is C19H22O7. The molecule has 0 saturated carbocycles. The Hall–Kier alpha value is -2.83. The van der Waals surface area contributed by atoms with Crippen LogP contribution in [0.2, 0.25) is 0 Å². The number of fused-ring (bicyclic) bond motifs is 1. The van der Waals surface area contributed by atoms with Crippen LogP contribution in [0.1, 0.15) is 31.4 Å². The zero-order chi connectivity index (χ0) is 19.3. The van der Waals surface area contributed by atoms with E-state index in [4.69, 9.17) is 13.9 Å². The summed E-state index contributed by atoms with van der Waals surface area (Å²) in [6.45, 7) is 5.40. The summed E-state index contributed by atoms with van der Waals surface area (Å²) >= 11 is 0. The molecule has 1 heterocycles. The van der Waals surface area contributed by atoms with Gasteiger partial charge in [-0.3, -0.25) is 4.79 Å². The van der Waals surface area contributed by atoms with Crippen LogP contribution in [0.15, 0.2) is 27.4 Å². The van der Waals surface area contributed by atoms with E-state index in [1.165, 1.54) is 13.2 Å². The molecule has 1 unspecified atom stereocenters. The van der Waals surface area contributed by atoms with Crippen molar-refractivity contribution in [1.29, 1.82) is 0 Å². The van der Waals surface area contributed by atoms with Crippen LogP contribution in [0, 0.1) is 6.92 Å². The van der Waals surface area contributed by atoms with E-state index in [0.717, 1.165) is 10.9 Å². The van der Waals surface area contributed by atoms with E-state index < -0.39 is 17.7 Å². The number of carbonyl (C=O) groups is 2. The lowest BCUT2D eigenvalue weighted by Gasteiger charge is -2.17. The molecule has 0 N–H and O–H groups in total. The highest BCUT2D eigenvalue weighted by Gasteiger charge is 2.19. The van der Waals surface area contributed by atoms with Crippen LogP contribution in [0.25, 0.3) is 11.0 Å². The second-order valence-electron chi connectivity index (χ2n) is 5.79. The zero-order valence-corrected chi connectivity index (χ0v) is 15.3. The van der Waals surface area contributed by atoms with Gasteiger partial charge in [-0.2, -0.15) is 0 Å². The summed E-state index contributed by atoms with van der Waals surface area (Å²) in [4.78, 5) is 35.0. The molecule has 140 valence electrons. The molecule has 26 heavy (non-hydrogen) atoms. The summed E-state index contributed by atoms with van der Waals surface area (Å²) in [5.41, 5.74) is 1.34. The van der Waals surface area contributed by atoms with E-state index in [9.17, 15) is 14.4 Å². The smallest absolute Gasteiger partial charge is 0.346 e. The van der Waals surface area contributed by atoms with Gasteiger partial charge < -0.3 is 18.6 Å². The van der Waals surface area contributed by atoms with Crippen molar-refractivity contribution >= 4 is 22.9 Å². The highest BCUT2D eigenvalue weighted by molar-refractivity contribution is 5.83. The molecule has 0 saturated heterocycles. The van der Waals surface area contributed by atoms with Gasteiger partial charge in [0.05, 0.1) is 13.7 Å². The number of benzene rings is 1. The Morgan fingerprint density at radius 2 is 1.96 bits per heavy atom. The molecule has 7 heteroatoms. The van der Waals surface area contributed by atoms with Crippen LogP contribution < -0.4 is 10.4 Å². The lowest BCUT2D eigenvalue weighted by atomic mass is 10.0. The van der Waals surface area contributed by atoms with Gasteiger partial charge in [0.25, 0.3) is 0 Å². The summed E-state index contributed by atoms with van der Waals surface area (Å²) < 4.78 is 20.5. The molecule has 0 aliphatic rings. The van der Waals surface area contributed by atoms with Crippen molar-refractivity contribution in [3.63, 3.8) is 0 Å². The van der Waals surface area contributed by atoms with Crippen LogP contribution in [-0.4, -0.2) is 31.8 Å². The Bertz CT molecular complexity index is 866. The summed E-state index contributed by atoms with van der Waals surface area (Å²) in [7, 11) is 1.27. The summed E-state index contributed by atoms with van der Waals surface area (Å²) in [6.07, 6.45) is -0.329. The van der Waals surface area contributed by atoms with Crippen molar-refractivity contribution in [1.82, 2.24) is 0 Å². The molecule has 0 amide bonds. The molecule has 1 aromatic carbocycles. The Kier molecular flexibility index (Phi) is 6.38. The summed E-state index contributed by atoms with van der Waals surface area (Å²) in [5.74, 6) is -0.503. The number of methoxy groups -OCH3 is 1. The summed E-state index contributed by atoms with van der Waals surface area (Å²) in [6, 6.07) is 4.75. The lowest BCUT2D eigenvalue weighted by Crippen LogP contribution is -2.25. The Balaban J connectivity index is 2.43. The van der Waals surface area contributed by atoms with Crippen molar-refractivity contribution in [2.75, 3.05) is 13.7 Å². The molecule has 0 radical (unpaired) electrons. The number of aryl methyl sites for hydroxylation is 2. The van der Waals surface area contributed by atoms with Gasteiger partial charge in [0.15, 0.2) is 6.10 Å². The van der Waals surface area contributed by atoms with Crippen LogP contribution in [0.5, 0.6) is 5.75 Å². The number of carbonyl (C=O) groups excluding carboxylic acids is 2. The van der Waals surface area contributed by atoms with Gasteiger partial charge in [-0.1, -0.05) is 0 Å². The minimum atomic E-state index is -0.852. The van der Waals surface area contributed by atoms with E-state index in [-0.39, 0.29) is 12.4 Å². The first-order chi connectivity index (χ1) is 12.3. The molecule has 1 aromatic heterocycles. The van der Waals surface area contributed by atoms with Crippen molar-refractivity contribution in [3.8, 4) is 5.75 Å². The maximum absolute atomic E-state index is 11.7. The zero-order valence-electron chi connectivity index (χ0n) is 15.3. The van der Waals surface area contributed by atoms with E-state index in [0.29, 0.717) is 29.9 Å². The van der Waals surface area contributed by atoms with Crippen LogP contribution in [0.3, 0.4) is 0 Å². The molecule has 1 atom stereocenters. The van der Waals surface area contributed by atoms with Gasteiger partial charge in [-0.05, 0) is 44.4 Å². The van der Waals surface area contributed by atoms with Crippen molar-refractivity contribution < 1.29 is 28.2 Å². The quantitative estimate of drug-likeness (QED) is 0.552. The Morgan fingerprint density at radius 1 is 1.23 bits per heavy atom. The molecule has 0 aliphatic heterocycles. The van der Waals surface area contributed by atoms with Gasteiger partial charge in [-0.15, -0.1) is 0 Å². The number of hydrogen-bond acceptors (Lipinski definition) is 7. The fourth-order valence-corrected chi connectivity index (χ4v) is 2.57. The third-order valence-electron chi connectivity index (χ3n) is 3.87. The number of hydrogen-bond donors (Lipinski definition) is 0. The normalized spacial score (nSPS) is 11.8. The Labute approximate surface area is 150 Å². The second kappa shape index (κ2) is 8.51. The lowest BCUT2D eigenvalue weighted by molar-refractivity contribution is -0.148. The predicted octanol–water partition coefficient (Wildman–Crippen LogP) is 2.54. The fraction of sp³-hybridized carbons (Fsp3) is 0.421. The first kappa shape index (κ1) is 19.5. The van der Waals surface area contributed by atoms with E-state index in [1.54, 1.807) is 32.9 Å². The average Bonchev–Trinajstić information content (AvgIpc) is 2.59. The molecule has 0 fully saturated rings. The fourth-order valence-electron chi connectivity index (χ4n) is 2.57. The first-order valence-electron chi connectivity index (χ1n) is 8.33. The Morgan fingerprint density at radius 3 is 2.62 bits per heavy atom. The molecular weight excluding hydrogens is 340 g/mol. The second-order valence-corrected chi connectivity index (χ2v) is 5.79. The topological polar surface area (TPSA) is 92.0 Å². The van der Waals surface area contributed by atoms with Crippen LogP contribution in [0.4, 0.5) is 0 Å². The molecule has 2 rings (SSSR count). The molecule has 0 bridgehead atoms. The predicted molar refractivity (Wildman–Crippen MR) is 94.3 cm³/mol. The van der Waals surface area contributed by atoms with Crippen LogP contribution in [-0.2, 0) is 25.5 Å². The van der Waals surface area contributed by atoms with Crippen molar-refractivity contribution in [2.45, 2.75) is 39.7 Å². The molecule has 0 spiro atoms. The van der Waals surface area contributed by atoms with Gasteiger partial charge in [0.2, 0.25) is 0 Å². The van der Waals surface area contributed by atoms with Crippen molar-refractivity contribution in [3.05, 3.63) is 39.7 Å². The standard InChI is InChI=1S/C19H22O7/c1-5-24-17(20)7-6-13-9-14-11(2)8-18(21)26-16(14)10-15(13)25-12(3)19(22)23-4/h8-10,12H,5-7H2,1-4H3. The maximum Gasteiger partial charge on any atom is 0.346 e. The number of ether oxygens (including phenoxy) is 3. The summed E-state index contributed by atoms with van der Waals surface area (Å²) in [5, 5.41) is 0.738. The number of esters is 2. The highest BCUT2D eigenvalue weighted by atomic mass is 16.6. The molecule has 0 aliphatic carbocycles. The molecule has 7 nitrogen and oxygen atoms in total. The highest BCUT2D eigenvalue weighted by Crippen LogP contribution is 2.29. The first-order valence-corrected chi connectivity index (χ1v) is 8.33. The van der Waals surface area contributed by atoms with Crippen LogP contribution >= 0.6 is 0 Å². The van der Waals surface area contributed by atoms with E-state index >= 15 is 0 Å². The largest absolute Gasteiger partial charge is 0.479 e. The molecule has 2 aromatic rings. The van der Waals surface area contributed by atoms with E-state index in [2.05, 4.69) is 4.74 Å². The third kappa shape index (κ3) is 4.62. The number of rotatable bonds is 7. The third-order valence-corrected chi connectivity index (χ3v) is 3.87. The van der Waals surface area contributed by atoms with Gasteiger partial charge in [0, 0.05) is 23.9 Å². The SMILES string of the molecule is CCOC(=O)CCc1cc2c(C)cc(=O)oc2cc1OC(C)C(=O)OC. The minimum Gasteiger partial charge on any atom is -0.479 e. The van der Waals surface area contributed by atoms with Gasteiger partial charge in [-0.25, -0.2) is 9.59 Å². The van der Waals surface area contributed by atoms with Gasteiger partial charge in [0.1, 0.15) is 11.3 Å². The minimum absolute atomic E-state index is 0.165.